The lowest BCUT2D eigenvalue weighted by Crippen LogP contribution is -2.46. The van der Waals surface area contributed by atoms with E-state index in [0.29, 0.717) is 12.6 Å². The van der Waals surface area contributed by atoms with Crippen LogP contribution in [0.3, 0.4) is 0 Å². The number of carbonyl (C=O) groups excluding carboxylic acids is 1. The van der Waals surface area contributed by atoms with Crippen LogP contribution in [0.5, 0.6) is 0 Å². The topological polar surface area (TPSA) is 57.3 Å². The van der Waals surface area contributed by atoms with Crippen LogP contribution < -0.4 is 10.6 Å². The normalized spacial score (nSPS) is 19.2. The van der Waals surface area contributed by atoms with E-state index >= 15 is 0 Å². The summed E-state index contributed by atoms with van der Waals surface area (Å²) in [7, 11) is 0. The molecule has 1 unspecified atom stereocenters. The molecule has 1 aromatic heterocycles. The quantitative estimate of drug-likeness (QED) is 0.790. The fourth-order valence-electron chi connectivity index (χ4n) is 2.89. The number of pyridine rings is 1. The average Bonchev–Trinajstić information content (AvgIpc) is 2.53. The molecular formula is C17H28N4O. The van der Waals surface area contributed by atoms with Gasteiger partial charge >= 0.3 is 0 Å². The van der Waals surface area contributed by atoms with Crippen molar-refractivity contribution in [3.63, 3.8) is 0 Å². The van der Waals surface area contributed by atoms with Crippen LogP contribution in [0.15, 0.2) is 18.5 Å². The van der Waals surface area contributed by atoms with E-state index in [1.807, 2.05) is 19.2 Å². The second-order valence-electron chi connectivity index (χ2n) is 6.34. The van der Waals surface area contributed by atoms with Crippen LogP contribution in [0.2, 0.25) is 0 Å². The Morgan fingerprint density at radius 1 is 1.45 bits per heavy atom. The lowest BCUT2D eigenvalue weighted by Gasteiger charge is -2.34. The van der Waals surface area contributed by atoms with Gasteiger partial charge in [0, 0.05) is 43.8 Å². The average molecular weight is 304 g/mol. The minimum absolute atomic E-state index is 0.138. The fourth-order valence-corrected chi connectivity index (χ4v) is 2.89. The van der Waals surface area contributed by atoms with Crippen molar-refractivity contribution in [1.29, 1.82) is 0 Å². The van der Waals surface area contributed by atoms with Gasteiger partial charge in [-0.3, -0.25) is 9.78 Å². The van der Waals surface area contributed by atoms with Crippen molar-refractivity contribution in [1.82, 2.24) is 15.2 Å². The Morgan fingerprint density at radius 2 is 2.27 bits per heavy atom. The van der Waals surface area contributed by atoms with Crippen LogP contribution in [0, 0.1) is 12.8 Å². The van der Waals surface area contributed by atoms with Crippen molar-refractivity contribution in [3.05, 3.63) is 24.0 Å². The van der Waals surface area contributed by atoms with E-state index in [9.17, 15) is 4.79 Å². The highest BCUT2D eigenvalue weighted by molar-refractivity contribution is 5.79. The van der Waals surface area contributed by atoms with E-state index in [0.717, 1.165) is 43.7 Å². The van der Waals surface area contributed by atoms with Crippen LogP contribution in [0.25, 0.3) is 0 Å². The third kappa shape index (κ3) is 4.70. The summed E-state index contributed by atoms with van der Waals surface area (Å²) in [5.41, 5.74) is 2.20. The number of carbonyl (C=O) groups is 1. The largest absolute Gasteiger partial charge is 0.383 e. The molecule has 1 amide bonds. The molecular weight excluding hydrogens is 276 g/mol. The van der Waals surface area contributed by atoms with Crippen LogP contribution in [-0.4, -0.2) is 48.0 Å². The molecule has 5 heteroatoms. The zero-order valence-electron chi connectivity index (χ0n) is 13.9. The fraction of sp³-hybridized carbons (Fsp3) is 0.647. The lowest BCUT2D eigenvalue weighted by molar-refractivity contribution is -0.126. The van der Waals surface area contributed by atoms with Crippen LogP contribution in [0.4, 0.5) is 5.69 Å². The highest BCUT2D eigenvalue weighted by Crippen LogP contribution is 2.18. The highest BCUT2D eigenvalue weighted by atomic mass is 16.1. The molecule has 1 fully saturated rings. The van der Waals surface area contributed by atoms with Crippen molar-refractivity contribution in [2.24, 2.45) is 5.92 Å². The van der Waals surface area contributed by atoms with Gasteiger partial charge in [-0.2, -0.15) is 0 Å². The van der Waals surface area contributed by atoms with Crippen molar-refractivity contribution in [3.8, 4) is 0 Å². The number of nitrogens with one attached hydrogen (secondary N) is 2. The van der Waals surface area contributed by atoms with Gasteiger partial charge in [-0.15, -0.1) is 0 Å². The predicted molar refractivity (Wildman–Crippen MR) is 89.9 cm³/mol. The summed E-state index contributed by atoms with van der Waals surface area (Å²) in [5.74, 6) is 0.331. The molecule has 2 rings (SSSR count). The number of hydrogen-bond donors (Lipinski definition) is 2. The molecule has 2 N–H and O–H groups in total. The van der Waals surface area contributed by atoms with Gasteiger partial charge < -0.3 is 15.5 Å². The molecule has 1 atom stereocenters. The number of anilines is 1. The van der Waals surface area contributed by atoms with Crippen LogP contribution in [0.1, 0.15) is 32.3 Å². The second kappa shape index (κ2) is 8.13. The molecule has 122 valence electrons. The SMILES string of the molecule is Cc1cnccc1NCCNC(=O)C1CCCN(C(C)C)C1. The number of piperidine rings is 1. The monoisotopic (exact) mass is 304 g/mol. The Morgan fingerprint density at radius 3 is 3.00 bits per heavy atom. The first-order valence-corrected chi connectivity index (χ1v) is 8.24. The molecule has 0 aliphatic carbocycles. The van der Waals surface area contributed by atoms with Crippen LogP contribution >= 0.6 is 0 Å². The first-order chi connectivity index (χ1) is 10.6. The third-order valence-electron chi connectivity index (χ3n) is 4.31. The summed E-state index contributed by atoms with van der Waals surface area (Å²) in [6, 6.07) is 2.48. The summed E-state index contributed by atoms with van der Waals surface area (Å²) in [6.07, 6.45) is 5.73. The molecule has 1 aliphatic rings. The Bertz CT molecular complexity index is 489. The smallest absolute Gasteiger partial charge is 0.224 e. The molecule has 0 saturated carbocycles. The van der Waals surface area contributed by atoms with Gasteiger partial charge in [-0.1, -0.05) is 0 Å². The maximum absolute atomic E-state index is 12.3. The second-order valence-corrected chi connectivity index (χ2v) is 6.34. The summed E-state index contributed by atoms with van der Waals surface area (Å²) in [4.78, 5) is 18.7. The number of amides is 1. The van der Waals surface area contributed by atoms with Crippen molar-refractivity contribution >= 4 is 11.6 Å². The summed E-state index contributed by atoms with van der Waals surface area (Å²) in [6.45, 7) is 9.81. The molecule has 22 heavy (non-hydrogen) atoms. The Balaban J connectivity index is 1.70. The van der Waals surface area contributed by atoms with Crippen LogP contribution in [-0.2, 0) is 4.79 Å². The number of rotatable bonds is 6. The summed E-state index contributed by atoms with van der Waals surface area (Å²) >= 11 is 0. The molecule has 0 spiro atoms. The van der Waals surface area contributed by atoms with E-state index in [1.54, 1.807) is 6.20 Å². The van der Waals surface area contributed by atoms with E-state index in [1.165, 1.54) is 0 Å². The van der Waals surface area contributed by atoms with Gasteiger partial charge in [0.2, 0.25) is 5.91 Å². The van der Waals surface area contributed by atoms with Crippen molar-refractivity contribution in [2.45, 2.75) is 39.7 Å². The summed E-state index contributed by atoms with van der Waals surface area (Å²) in [5, 5.41) is 6.39. The first-order valence-electron chi connectivity index (χ1n) is 8.24. The molecule has 2 heterocycles. The van der Waals surface area contributed by atoms with E-state index in [-0.39, 0.29) is 11.8 Å². The predicted octanol–water partition coefficient (Wildman–Crippen LogP) is 2.04. The summed E-state index contributed by atoms with van der Waals surface area (Å²) < 4.78 is 0. The van der Waals surface area contributed by atoms with Gasteiger partial charge in [0.05, 0.1) is 5.92 Å². The molecule has 1 aromatic rings. The number of hydrogen-bond acceptors (Lipinski definition) is 4. The Labute approximate surface area is 133 Å². The zero-order valence-corrected chi connectivity index (χ0v) is 13.9. The lowest BCUT2D eigenvalue weighted by atomic mass is 9.96. The van der Waals surface area contributed by atoms with Gasteiger partial charge in [-0.25, -0.2) is 0 Å². The number of likely N-dealkylation sites (tertiary alicyclic amines) is 1. The number of aryl methyl sites for hydroxylation is 1. The minimum Gasteiger partial charge on any atom is -0.383 e. The molecule has 1 aliphatic heterocycles. The van der Waals surface area contributed by atoms with Gasteiger partial charge in [-0.05, 0) is 51.8 Å². The van der Waals surface area contributed by atoms with Crippen molar-refractivity contribution < 1.29 is 4.79 Å². The molecule has 5 nitrogen and oxygen atoms in total. The van der Waals surface area contributed by atoms with Gasteiger partial charge in [0.25, 0.3) is 0 Å². The standard InChI is InChI=1S/C17H28N4O/c1-13(2)21-10-4-5-15(12-21)17(22)20-9-8-19-16-6-7-18-11-14(16)3/h6-7,11,13,15H,4-5,8-10,12H2,1-3H3,(H,18,19)(H,20,22). The van der Waals surface area contributed by atoms with E-state index < -0.39 is 0 Å². The van der Waals surface area contributed by atoms with Crippen molar-refractivity contribution in [2.75, 3.05) is 31.5 Å². The Hall–Kier alpha value is -1.62. The molecule has 1 saturated heterocycles. The molecule has 0 radical (unpaired) electrons. The number of aromatic nitrogens is 1. The number of nitrogens with zero attached hydrogens (tertiary/aromatic N) is 2. The van der Waals surface area contributed by atoms with Gasteiger partial charge in [0.1, 0.15) is 0 Å². The third-order valence-corrected chi connectivity index (χ3v) is 4.31. The molecule has 0 bridgehead atoms. The Kier molecular flexibility index (Phi) is 6.19. The first kappa shape index (κ1) is 16.7. The van der Waals surface area contributed by atoms with Gasteiger partial charge in [0.15, 0.2) is 0 Å². The zero-order chi connectivity index (χ0) is 15.9. The maximum Gasteiger partial charge on any atom is 0.224 e. The molecule has 0 aromatic carbocycles. The van der Waals surface area contributed by atoms with E-state index in [4.69, 9.17) is 0 Å². The maximum atomic E-state index is 12.3. The van der Waals surface area contributed by atoms with E-state index in [2.05, 4.69) is 34.4 Å². The highest BCUT2D eigenvalue weighted by Gasteiger charge is 2.26. The minimum atomic E-state index is 0.138.